The molecule has 1 aromatic carbocycles. The van der Waals surface area contributed by atoms with Gasteiger partial charge >= 0.3 is 0 Å². The Bertz CT molecular complexity index is 1460. The highest BCUT2D eigenvalue weighted by Gasteiger charge is 2.41. The number of hydrogen-bond donors (Lipinski definition) is 5. The Labute approximate surface area is 221 Å². The Hall–Kier alpha value is -3.32. The van der Waals surface area contributed by atoms with Gasteiger partial charge in [-0.15, -0.1) is 11.3 Å². The van der Waals surface area contributed by atoms with Crippen LogP contribution in [0.3, 0.4) is 0 Å². The normalized spacial score (nSPS) is 22.1. The summed E-state index contributed by atoms with van der Waals surface area (Å²) < 4.78 is 29.7. The number of hydrogen-bond acceptors (Lipinski definition) is 10. The van der Waals surface area contributed by atoms with Gasteiger partial charge in [-0.3, -0.25) is 4.98 Å². The summed E-state index contributed by atoms with van der Waals surface area (Å²) in [6, 6.07) is 4.15. The molecule has 0 aliphatic heterocycles. The van der Waals surface area contributed by atoms with Crippen molar-refractivity contribution in [3.05, 3.63) is 59.0 Å². The Morgan fingerprint density at radius 3 is 2.45 bits per heavy atom. The molecular formula is C26H28F2N6O3S. The molecule has 200 valence electrons. The molecule has 5 rings (SSSR count). The van der Waals surface area contributed by atoms with Crippen LogP contribution in [0, 0.1) is 31.4 Å². The number of aryl methyl sites for hydroxylation is 2. The fourth-order valence-corrected chi connectivity index (χ4v) is 6.01. The summed E-state index contributed by atoms with van der Waals surface area (Å²) in [6.45, 7) is 4.98. The predicted octanol–water partition coefficient (Wildman–Crippen LogP) is 3.73. The summed E-state index contributed by atoms with van der Waals surface area (Å²) in [4.78, 5) is 18.3. The maximum atomic E-state index is 14.4. The minimum Gasteiger partial charge on any atom is -0.396 e. The standard InChI is InChI=1S/C26H28F2N6O3S/c1-11(19-15(27)5-4-6-16(19)28)30-26-31-12(2)20(25-33-21-13(3)29-8-7-18(21)38-25)24(34-26)32-17-9-14(10-35)22(36)23(17)37/h4-8,11,14,17,22-23,35-37H,9-10H2,1-3H3,(H2,30,31,32,34)/t11-,14-,17-,22-,23+/m1/s1. The second kappa shape index (κ2) is 10.4. The highest BCUT2D eigenvalue weighted by Crippen LogP contribution is 2.39. The van der Waals surface area contributed by atoms with Gasteiger partial charge in [0.05, 0.1) is 39.8 Å². The lowest BCUT2D eigenvalue weighted by molar-refractivity contribution is 0.00446. The SMILES string of the molecule is Cc1nc(N[C@H](C)c2c(F)cccc2F)nc(N[C@@H]2C[C@H](CO)[C@@H](O)[C@H]2O)c1-c1nc2c(C)nccc2s1. The van der Waals surface area contributed by atoms with E-state index in [1.165, 1.54) is 29.5 Å². The minimum atomic E-state index is -1.14. The van der Waals surface area contributed by atoms with E-state index in [2.05, 4.69) is 25.6 Å². The Morgan fingerprint density at radius 1 is 1.05 bits per heavy atom. The van der Waals surface area contributed by atoms with Gasteiger partial charge in [0.25, 0.3) is 0 Å². The monoisotopic (exact) mass is 542 g/mol. The highest BCUT2D eigenvalue weighted by molar-refractivity contribution is 7.21. The third-order valence-electron chi connectivity index (χ3n) is 6.93. The van der Waals surface area contributed by atoms with Crippen LogP contribution in [0.4, 0.5) is 20.5 Å². The molecule has 9 nitrogen and oxygen atoms in total. The molecule has 1 aliphatic rings. The molecule has 12 heteroatoms. The first-order chi connectivity index (χ1) is 18.2. The third kappa shape index (κ3) is 4.80. The van der Waals surface area contributed by atoms with Gasteiger partial charge in [-0.1, -0.05) is 6.07 Å². The van der Waals surface area contributed by atoms with E-state index in [-0.39, 0.29) is 18.1 Å². The first kappa shape index (κ1) is 26.3. The molecule has 0 bridgehead atoms. The summed E-state index contributed by atoms with van der Waals surface area (Å²) in [7, 11) is 0. The molecule has 1 saturated carbocycles. The number of thiazole rings is 1. The lowest BCUT2D eigenvalue weighted by atomic mass is 10.1. The largest absolute Gasteiger partial charge is 0.396 e. The highest BCUT2D eigenvalue weighted by atomic mass is 32.1. The quantitative estimate of drug-likeness (QED) is 0.237. The number of pyridine rings is 1. The second-order valence-electron chi connectivity index (χ2n) is 9.53. The third-order valence-corrected chi connectivity index (χ3v) is 7.97. The molecule has 1 aliphatic carbocycles. The molecule has 3 aromatic heterocycles. The van der Waals surface area contributed by atoms with Crippen LogP contribution < -0.4 is 10.6 Å². The van der Waals surface area contributed by atoms with E-state index in [1.807, 2.05) is 13.0 Å². The average Bonchev–Trinajstić information content (AvgIpc) is 3.41. The minimum absolute atomic E-state index is 0.120. The van der Waals surface area contributed by atoms with E-state index in [0.717, 1.165) is 15.9 Å². The molecule has 0 radical (unpaired) electrons. The van der Waals surface area contributed by atoms with Crippen molar-refractivity contribution in [1.82, 2.24) is 19.9 Å². The van der Waals surface area contributed by atoms with Gasteiger partial charge in [0, 0.05) is 24.3 Å². The molecule has 0 saturated heterocycles. The second-order valence-corrected chi connectivity index (χ2v) is 10.6. The first-order valence-electron chi connectivity index (χ1n) is 12.2. The maximum Gasteiger partial charge on any atom is 0.225 e. The van der Waals surface area contributed by atoms with Crippen molar-refractivity contribution in [2.75, 3.05) is 17.2 Å². The van der Waals surface area contributed by atoms with Crippen molar-refractivity contribution in [1.29, 1.82) is 0 Å². The number of nitrogens with one attached hydrogen (secondary N) is 2. The van der Waals surface area contributed by atoms with E-state index in [0.29, 0.717) is 28.5 Å². The van der Waals surface area contributed by atoms with E-state index >= 15 is 0 Å². The zero-order valence-electron chi connectivity index (χ0n) is 21.0. The maximum absolute atomic E-state index is 14.4. The van der Waals surface area contributed by atoms with Crippen LogP contribution >= 0.6 is 11.3 Å². The number of benzene rings is 1. The molecule has 1 fully saturated rings. The summed E-state index contributed by atoms with van der Waals surface area (Å²) in [5, 5.41) is 37.4. The van der Waals surface area contributed by atoms with Gasteiger partial charge in [0.2, 0.25) is 5.95 Å². The Kier molecular flexibility index (Phi) is 7.23. The smallest absolute Gasteiger partial charge is 0.225 e. The van der Waals surface area contributed by atoms with Gasteiger partial charge in [0.1, 0.15) is 34.1 Å². The molecule has 3 heterocycles. The van der Waals surface area contributed by atoms with Crippen molar-refractivity contribution in [3.8, 4) is 10.6 Å². The van der Waals surface area contributed by atoms with Gasteiger partial charge in [-0.25, -0.2) is 18.7 Å². The molecular weight excluding hydrogens is 514 g/mol. The average molecular weight is 543 g/mol. The Balaban J connectivity index is 1.57. The number of rotatable bonds is 7. The number of halogens is 2. The van der Waals surface area contributed by atoms with Gasteiger partial charge in [-0.2, -0.15) is 4.98 Å². The Morgan fingerprint density at radius 2 is 1.79 bits per heavy atom. The van der Waals surface area contributed by atoms with Gasteiger partial charge in [-0.05, 0) is 45.4 Å². The van der Waals surface area contributed by atoms with Crippen molar-refractivity contribution in [2.24, 2.45) is 5.92 Å². The molecule has 0 spiro atoms. The molecule has 5 atom stereocenters. The van der Waals surface area contributed by atoms with E-state index < -0.39 is 41.8 Å². The zero-order valence-corrected chi connectivity index (χ0v) is 21.8. The van der Waals surface area contributed by atoms with Crippen LogP contribution in [0.1, 0.15) is 36.3 Å². The summed E-state index contributed by atoms with van der Waals surface area (Å²) in [5.74, 6) is -1.41. The summed E-state index contributed by atoms with van der Waals surface area (Å²) in [5.41, 5.74) is 2.52. The number of nitrogens with zero attached hydrogens (tertiary/aromatic N) is 4. The number of aliphatic hydroxyl groups excluding tert-OH is 3. The lowest BCUT2D eigenvalue weighted by Crippen LogP contribution is -2.35. The molecule has 5 N–H and O–H groups in total. The first-order valence-corrected chi connectivity index (χ1v) is 13.0. The van der Waals surface area contributed by atoms with E-state index in [1.54, 1.807) is 20.0 Å². The van der Waals surface area contributed by atoms with Crippen LogP contribution in [0.5, 0.6) is 0 Å². The molecule has 4 aromatic rings. The van der Waals surface area contributed by atoms with E-state index in [9.17, 15) is 24.1 Å². The van der Waals surface area contributed by atoms with Gasteiger partial charge < -0.3 is 26.0 Å². The van der Waals surface area contributed by atoms with Gasteiger partial charge in [0.15, 0.2) is 0 Å². The number of anilines is 2. The fraction of sp³-hybridized carbons (Fsp3) is 0.385. The van der Waals surface area contributed by atoms with Crippen LogP contribution in [-0.4, -0.2) is 60.1 Å². The van der Waals surface area contributed by atoms with Crippen molar-refractivity contribution in [2.45, 2.75) is 51.5 Å². The number of fused-ring (bicyclic) bond motifs is 1. The van der Waals surface area contributed by atoms with Crippen molar-refractivity contribution >= 4 is 33.3 Å². The summed E-state index contributed by atoms with van der Waals surface area (Å²) in [6.07, 6.45) is -0.213. The molecule has 38 heavy (non-hydrogen) atoms. The lowest BCUT2D eigenvalue weighted by Gasteiger charge is -2.22. The van der Waals surface area contributed by atoms with E-state index in [4.69, 9.17) is 4.98 Å². The summed E-state index contributed by atoms with van der Waals surface area (Å²) >= 11 is 1.44. The van der Waals surface area contributed by atoms with Crippen LogP contribution in [0.25, 0.3) is 20.8 Å². The molecule has 0 amide bonds. The van der Waals surface area contributed by atoms with Crippen LogP contribution in [0.15, 0.2) is 30.5 Å². The fourth-order valence-electron chi connectivity index (χ4n) is 4.90. The van der Waals surface area contributed by atoms with Crippen LogP contribution in [-0.2, 0) is 0 Å². The number of aliphatic hydroxyl groups is 3. The molecule has 0 unspecified atom stereocenters. The zero-order chi connectivity index (χ0) is 27.1. The number of aromatic nitrogens is 4. The van der Waals surface area contributed by atoms with Crippen molar-refractivity contribution < 1.29 is 24.1 Å². The predicted molar refractivity (Wildman–Crippen MR) is 141 cm³/mol. The topological polar surface area (TPSA) is 136 Å². The van der Waals surface area contributed by atoms with Crippen LogP contribution in [0.2, 0.25) is 0 Å². The van der Waals surface area contributed by atoms with Crippen molar-refractivity contribution in [3.63, 3.8) is 0 Å².